The fourth-order valence-corrected chi connectivity index (χ4v) is 3.10. The molecule has 1 rings (SSSR count). The Morgan fingerprint density at radius 1 is 1.17 bits per heavy atom. The lowest BCUT2D eigenvalue weighted by Crippen LogP contribution is -2.32. The van der Waals surface area contributed by atoms with Crippen LogP contribution in [0.15, 0.2) is 24.3 Å². The Labute approximate surface area is 110 Å². The third-order valence-electron chi connectivity index (χ3n) is 2.75. The van der Waals surface area contributed by atoms with E-state index < -0.39 is 10.0 Å². The Morgan fingerprint density at radius 2 is 1.72 bits per heavy atom. The van der Waals surface area contributed by atoms with Crippen LogP contribution in [-0.2, 0) is 22.3 Å². The minimum absolute atomic E-state index is 0.0152. The van der Waals surface area contributed by atoms with E-state index in [-0.39, 0.29) is 11.8 Å². The van der Waals surface area contributed by atoms with Gasteiger partial charge in [0.05, 0.1) is 5.75 Å². The fourth-order valence-electron chi connectivity index (χ4n) is 1.61. The fraction of sp³-hybridized carbons (Fsp3) is 0.538. The van der Waals surface area contributed by atoms with Gasteiger partial charge in [0, 0.05) is 12.6 Å². The summed E-state index contributed by atoms with van der Waals surface area (Å²) in [5.74, 6) is 0.0389. The Morgan fingerprint density at radius 3 is 2.22 bits per heavy atom. The van der Waals surface area contributed by atoms with Gasteiger partial charge >= 0.3 is 0 Å². The van der Waals surface area contributed by atoms with E-state index in [1.165, 1.54) is 0 Å². The first kappa shape index (κ1) is 15.1. The third kappa shape index (κ3) is 5.16. The average molecular weight is 270 g/mol. The molecule has 2 N–H and O–H groups in total. The van der Waals surface area contributed by atoms with E-state index in [4.69, 9.17) is 0 Å². The molecule has 1 unspecified atom stereocenters. The molecule has 0 aliphatic rings. The maximum absolute atomic E-state index is 11.9. The minimum atomic E-state index is -3.24. The first-order valence-electron chi connectivity index (χ1n) is 6.19. The Kier molecular flexibility index (Phi) is 5.78. The van der Waals surface area contributed by atoms with Gasteiger partial charge in [-0.1, -0.05) is 31.2 Å². The number of nitrogens with one attached hydrogen (secondary N) is 2. The summed E-state index contributed by atoms with van der Waals surface area (Å²) in [4.78, 5) is 0. The van der Waals surface area contributed by atoms with Crippen molar-refractivity contribution in [3.63, 3.8) is 0 Å². The van der Waals surface area contributed by atoms with Crippen LogP contribution in [0.2, 0.25) is 0 Å². The van der Waals surface area contributed by atoms with E-state index in [9.17, 15) is 8.42 Å². The topological polar surface area (TPSA) is 58.2 Å². The standard InChI is InChI=1S/C13H22N2O2S/c1-4-11(2)15-18(16,17)10-13-7-5-12(6-8-13)9-14-3/h5-8,11,14-15H,4,9-10H2,1-3H3. The molecule has 0 heterocycles. The maximum Gasteiger partial charge on any atom is 0.216 e. The van der Waals surface area contributed by atoms with Crippen LogP contribution < -0.4 is 10.0 Å². The van der Waals surface area contributed by atoms with Gasteiger partial charge in [0.2, 0.25) is 10.0 Å². The SMILES string of the molecule is CCC(C)NS(=O)(=O)Cc1ccc(CNC)cc1. The predicted octanol–water partition coefficient (Wildman–Crippen LogP) is 1.62. The van der Waals surface area contributed by atoms with E-state index >= 15 is 0 Å². The Bertz CT molecular complexity index is 454. The van der Waals surface area contributed by atoms with Gasteiger partial charge in [-0.3, -0.25) is 0 Å². The van der Waals surface area contributed by atoms with Gasteiger partial charge in [-0.15, -0.1) is 0 Å². The van der Waals surface area contributed by atoms with Crippen molar-refractivity contribution >= 4 is 10.0 Å². The van der Waals surface area contributed by atoms with Gasteiger partial charge in [-0.2, -0.15) is 0 Å². The van der Waals surface area contributed by atoms with Crippen molar-refractivity contribution in [2.24, 2.45) is 0 Å². The van der Waals surface area contributed by atoms with Crippen molar-refractivity contribution in [1.29, 1.82) is 0 Å². The van der Waals surface area contributed by atoms with Crippen molar-refractivity contribution in [3.8, 4) is 0 Å². The molecule has 0 aliphatic heterocycles. The van der Waals surface area contributed by atoms with E-state index in [1.54, 1.807) is 0 Å². The normalized spacial score (nSPS) is 13.5. The Hall–Kier alpha value is -0.910. The molecular formula is C13H22N2O2S. The number of hydrogen-bond acceptors (Lipinski definition) is 3. The van der Waals surface area contributed by atoms with Crippen LogP contribution >= 0.6 is 0 Å². The molecule has 0 aliphatic carbocycles. The average Bonchev–Trinajstić information content (AvgIpc) is 2.31. The van der Waals surface area contributed by atoms with Crippen molar-refractivity contribution < 1.29 is 8.42 Å². The van der Waals surface area contributed by atoms with E-state index in [1.807, 2.05) is 45.2 Å². The van der Waals surface area contributed by atoms with Crippen molar-refractivity contribution in [2.45, 2.75) is 38.6 Å². The van der Waals surface area contributed by atoms with Crippen molar-refractivity contribution in [3.05, 3.63) is 35.4 Å². The second-order valence-electron chi connectivity index (χ2n) is 4.53. The summed E-state index contributed by atoms with van der Waals surface area (Å²) in [6.07, 6.45) is 0.792. The van der Waals surface area contributed by atoms with Crippen LogP contribution in [0, 0.1) is 0 Å². The summed E-state index contributed by atoms with van der Waals surface area (Å²) in [7, 11) is -1.35. The molecule has 18 heavy (non-hydrogen) atoms. The van der Waals surface area contributed by atoms with Crippen LogP contribution in [0.5, 0.6) is 0 Å². The molecule has 102 valence electrons. The minimum Gasteiger partial charge on any atom is -0.316 e. The van der Waals surface area contributed by atoms with E-state index in [0.29, 0.717) is 0 Å². The molecule has 4 nitrogen and oxygen atoms in total. The lowest BCUT2D eigenvalue weighted by Gasteiger charge is -2.12. The molecule has 0 spiro atoms. The number of hydrogen-bond donors (Lipinski definition) is 2. The molecule has 0 saturated carbocycles. The van der Waals surface area contributed by atoms with Crippen LogP contribution in [0.3, 0.4) is 0 Å². The molecule has 0 fully saturated rings. The molecule has 0 amide bonds. The lowest BCUT2D eigenvalue weighted by atomic mass is 10.1. The third-order valence-corrected chi connectivity index (χ3v) is 4.23. The molecule has 1 atom stereocenters. The maximum atomic E-state index is 11.9. The first-order valence-corrected chi connectivity index (χ1v) is 7.84. The van der Waals surface area contributed by atoms with Gasteiger partial charge in [0.15, 0.2) is 0 Å². The summed E-state index contributed by atoms with van der Waals surface area (Å²) in [6, 6.07) is 7.61. The van der Waals surface area contributed by atoms with Crippen LogP contribution in [0.1, 0.15) is 31.4 Å². The molecule has 1 aromatic carbocycles. The first-order chi connectivity index (χ1) is 8.46. The summed E-state index contributed by atoms with van der Waals surface area (Å²) < 4.78 is 26.4. The molecule has 0 aromatic heterocycles. The van der Waals surface area contributed by atoms with Crippen LogP contribution in [0.4, 0.5) is 0 Å². The summed E-state index contributed by atoms with van der Waals surface area (Å²) in [6.45, 7) is 4.62. The van der Waals surface area contributed by atoms with Gasteiger partial charge in [-0.05, 0) is 31.5 Å². The number of rotatable bonds is 7. The molecule has 1 aromatic rings. The molecular weight excluding hydrogens is 248 g/mol. The van der Waals surface area contributed by atoms with Gasteiger partial charge < -0.3 is 5.32 Å². The lowest BCUT2D eigenvalue weighted by molar-refractivity contribution is 0.555. The molecule has 0 radical (unpaired) electrons. The van der Waals surface area contributed by atoms with Gasteiger partial charge in [0.25, 0.3) is 0 Å². The van der Waals surface area contributed by atoms with E-state index in [0.717, 1.165) is 24.1 Å². The van der Waals surface area contributed by atoms with Crippen LogP contribution in [0.25, 0.3) is 0 Å². The summed E-state index contributed by atoms with van der Waals surface area (Å²) >= 11 is 0. The summed E-state index contributed by atoms with van der Waals surface area (Å²) in [5, 5.41) is 3.05. The predicted molar refractivity (Wildman–Crippen MR) is 74.7 cm³/mol. The summed E-state index contributed by atoms with van der Waals surface area (Å²) in [5.41, 5.74) is 1.96. The second kappa shape index (κ2) is 6.87. The zero-order chi connectivity index (χ0) is 13.6. The molecule has 0 saturated heterocycles. The zero-order valence-electron chi connectivity index (χ0n) is 11.2. The largest absolute Gasteiger partial charge is 0.316 e. The highest BCUT2D eigenvalue weighted by Gasteiger charge is 2.13. The molecule has 5 heteroatoms. The Balaban J connectivity index is 2.66. The smallest absolute Gasteiger partial charge is 0.216 e. The van der Waals surface area contributed by atoms with Crippen molar-refractivity contribution in [1.82, 2.24) is 10.0 Å². The highest BCUT2D eigenvalue weighted by molar-refractivity contribution is 7.88. The molecule has 0 bridgehead atoms. The zero-order valence-corrected chi connectivity index (χ0v) is 12.0. The monoisotopic (exact) mass is 270 g/mol. The van der Waals surface area contributed by atoms with E-state index in [2.05, 4.69) is 10.0 Å². The van der Waals surface area contributed by atoms with Crippen LogP contribution in [-0.4, -0.2) is 21.5 Å². The highest BCUT2D eigenvalue weighted by atomic mass is 32.2. The van der Waals surface area contributed by atoms with Crippen molar-refractivity contribution in [2.75, 3.05) is 7.05 Å². The number of benzene rings is 1. The highest BCUT2D eigenvalue weighted by Crippen LogP contribution is 2.08. The van der Waals surface area contributed by atoms with Gasteiger partial charge in [0.1, 0.15) is 0 Å². The second-order valence-corrected chi connectivity index (χ2v) is 6.29. The number of sulfonamides is 1. The quantitative estimate of drug-likeness (QED) is 0.791. The van der Waals surface area contributed by atoms with Gasteiger partial charge in [-0.25, -0.2) is 13.1 Å².